The maximum Gasteiger partial charge on any atom is 0.103 e. The topological polar surface area (TPSA) is 51.2 Å². The van der Waals surface area contributed by atoms with Crippen LogP contribution < -0.4 is 11.1 Å². The van der Waals surface area contributed by atoms with Crippen LogP contribution in [-0.4, -0.2) is 19.1 Å². The van der Waals surface area contributed by atoms with Crippen molar-refractivity contribution in [1.82, 2.24) is 5.32 Å². The molecule has 2 atom stereocenters. The van der Waals surface area contributed by atoms with E-state index in [4.69, 9.17) is 10.2 Å². The number of hydrogen-bond donors (Lipinski definition) is 2. The Bertz CT molecular complexity index is 282. The second kappa shape index (κ2) is 7.51. The molecule has 0 spiro atoms. The second-order valence-electron chi connectivity index (χ2n) is 5.17. The third-order valence-corrected chi connectivity index (χ3v) is 3.38. The summed E-state index contributed by atoms with van der Waals surface area (Å²) in [6, 6.07) is 4.48. The Morgan fingerprint density at radius 3 is 2.65 bits per heavy atom. The first-order chi connectivity index (χ1) is 8.13. The third kappa shape index (κ3) is 5.37. The normalized spacial score (nSPS) is 15.1. The number of aryl methyl sites for hydroxylation is 1. The van der Waals surface area contributed by atoms with E-state index in [1.807, 2.05) is 12.1 Å². The van der Waals surface area contributed by atoms with E-state index >= 15 is 0 Å². The Labute approximate surface area is 105 Å². The van der Waals surface area contributed by atoms with Crippen molar-refractivity contribution in [2.24, 2.45) is 17.6 Å². The van der Waals surface area contributed by atoms with Gasteiger partial charge in [0.2, 0.25) is 0 Å². The maximum absolute atomic E-state index is 5.76. The molecule has 3 nitrogen and oxygen atoms in total. The SMILES string of the molecule is CC(CCc1ccco1)NCC(CN)C(C)C. The Hall–Kier alpha value is -0.800. The van der Waals surface area contributed by atoms with Crippen molar-refractivity contribution in [2.45, 2.75) is 39.7 Å². The minimum atomic E-state index is 0.507. The molecule has 0 amide bonds. The fraction of sp³-hybridized carbons (Fsp3) is 0.714. The van der Waals surface area contributed by atoms with E-state index in [2.05, 4.69) is 26.1 Å². The zero-order valence-corrected chi connectivity index (χ0v) is 11.3. The van der Waals surface area contributed by atoms with Gasteiger partial charge in [0.1, 0.15) is 5.76 Å². The quantitative estimate of drug-likeness (QED) is 0.731. The lowest BCUT2D eigenvalue weighted by Crippen LogP contribution is -2.36. The van der Waals surface area contributed by atoms with Crippen LogP contribution in [0.1, 0.15) is 33.0 Å². The van der Waals surface area contributed by atoms with Gasteiger partial charge >= 0.3 is 0 Å². The van der Waals surface area contributed by atoms with Crippen molar-refractivity contribution in [1.29, 1.82) is 0 Å². The molecule has 0 fully saturated rings. The highest BCUT2D eigenvalue weighted by Crippen LogP contribution is 2.09. The first-order valence-corrected chi connectivity index (χ1v) is 6.59. The first-order valence-electron chi connectivity index (χ1n) is 6.59. The van der Waals surface area contributed by atoms with E-state index in [0.29, 0.717) is 17.9 Å². The molecule has 98 valence electrons. The van der Waals surface area contributed by atoms with E-state index in [0.717, 1.165) is 31.7 Å². The molecule has 1 heterocycles. The molecular formula is C14H26N2O. The first kappa shape index (κ1) is 14.3. The van der Waals surface area contributed by atoms with Crippen molar-refractivity contribution >= 4 is 0 Å². The van der Waals surface area contributed by atoms with Gasteiger partial charge < -0.3 is 15.5 Å². The van der Waals surface area contributed by atoms with Gasteiger partial charge in [-0.15, -0.1) is 0 Å². The minimum Gasteiger partial charge on any atom is -0.469 e. The van der Waals surface area contributed by atoms with Gasteiger partial charge in [-0.25, -0.2) is 0 Å². The summed E-state index contributed by atoms with van der Waals surface area (Å²) in [5.41, 5.74) is 5.76. The minimum absolute atomic E-state index is 0.507. The van der Waals surface area contributed by atoms with E-state index in [1.165, 1.54) is 0 Å². The summed E-state index contributed by atoms with van der Waals surface area (Å²) in [6.45, 7) is 8.44. The van der Waals surface area contributed by atoms with Crippen LogP contribution >= 0.6 is 0 Å². The van der Waals surface area contributed by atoms with Crippen LogP contribution in [0.25, 0.3) is 0 Å². The van der Waals surface area contributed by atoms with Crippen LogP contribution in [0.3, 0.4) is 0 Å². The third-order valence-electron chi connectivity index (χ3n) is 3.38. The number of nitrogens with two attached hydrogens (primary N) is 1. The summed E-state index contributed by atoms with van der Waals surface area (Å²) in [7, 11) is 0. The summed E-state index contributed by atoms with van der Waals surface area (Å²) in [6.07, 6.45) is 3.83. The van der Waals surface area contributed by atoms with Crippen LogP contribution in [-0.2, 0) is 6.42 Å². The lowest BCUT2D eigenvalue weighted by Gasteiger charge is -2.22. The second-order valence-corrected chi connectivity index (χ2v) is 5.17. The number of furan rings is 1. The standard InChI is InChI=1S/C14H26N2O/c1-11(2)13(9-15)10-16-12(3)6-7-14-5-4-8-17-14/h4-5,8,11-13,16H,6-7,9-10,15H2,1-3H3. The maximum atomic E-state index is 5.76. The molecule has 0 bridgehead atoms. The Kier molecular flexibility index (Phi) is 6.30. The molecule has 0 aliphatic heterocycles. The predicted octanol–water partition coefficient (Wildman–Crippen LogP) is 2.42. The van der Waals surface area contributed by atoms with E-state index in [-0.39, 0.29) is 0 Å². The van der Waals surface area contributed by atoms with Crippen LogP contribution in [0.4, 0.5) is 0 Å². The van der Waals surface area contributed by atoms with Gasteiger partial charge in [-0.05, 0) is 50.4 Å². The summed E-state index contributed by atoms with van der Waals surface area (Å²) < 4.78 is 5.32. The lowest BCUT2D eigenvalue weighted by atomic mass is 9.95. The number of rotatable bonds is 8. The summed E-state index contributed by atoms with van der Waals surface area (Å²) in [4.78, 5) is 0. The molecule has 0 aliphatic rings. The Morgan fingerprint density at radius 1 is 1.35 bits per heavy atom. The molecular weight excluding hydrogens is 212 g/mol. The van der Waals surface area contributed by atoms with Crippen molar-refractivity contribution in [3.63, 3.8) is 0 Å². The van der Waals surface area contributed by atoms with E-state index in [9.17, 15) is 0 Å². The van der Waals surface area contributed by atoms with E-state index in [1.54, 1.807) is 6.26 Å². The molecule has 1 aromatic heterocycles. The molecule has 1 rings (SSSR count). The fourth-order valence-corrected chi connectivity index (χ4v) is 1.86. The van der Waals surface area contributed by atoms with E-state index < -0.39 is 0 Å². The molecule has 0 saturated heterocycles. The van der Waals surface area contributed by atoms with Crippen LogP contribution in [0, 0.1) is 11.8 Å². The van der Waals surface area contributed by atoms with Gasteiger partial charge in [-0.3, -0.25) is 0 Å². The van der Waals surface area contributed by atoms with Gasteiger partial charge in [0, 0.05) is 12.5 Å². The Balaban J connectivity index is 2.18. The van der Waals surface area contributed by atoms with Gasteiger partial charge in [0.15, 0.2) is 0 Å². The molecule has 3 heteroatoms. The largest absolute Gasteiger partial charge is 0.469 e. The van der Waals surface area contributed by atoms with Crippen molar-refractivity contribution < 1.29 is 4.42 Å². The fourth-order valence-electron chi connectivity index (χ4n) is 1.86. The van der Waals surface area contributed by atoms with Crippen molar-refractivity contribution in [3.8, 4) is 0 Å². The molecule has 0 saturated carbocycles. The molecule has 1 aromatic rings. The van der Waals surface area contributed by atoms with Gasteiger partial charge in [0.25, 0.3) is 0 Å². The van der Waals surface area contributed by atoms with Crippen LogP contribution in [0.15, 0.2) is 22.8 Å². The lowest BCUT2D eigenvalue weighted by molar-refractivity contribution is 0.347. The van der Waals surface area contributed by atoms with Gasteiger partial charge in [-0.2, -0.15) is 0 Å². The molecule has 0 aromatic carbocycles. The molecule has 17 heavy (non-hydrogen) atoms. The highest BCUT2D eigenvalue weighted by molar-refractivity contribution is 4.98. The van der Waals surface area contributed by atoms with Gasteiger partial charge in [0.05, 0.1) is 6.26 Å². The zero-order chi connectivity index (χ0) is 12.7. The average Bonchev–Trinajstić information content (AvgIpc) is 2.79. The molecule has 3 N–H and O–H groups in total. The van der Waals surface area contributed by atoms with Crippen molar-refractivity contribution in [2.75, 3.05) is 13.1 Å². The monoisotopic (exact) mass is 238 g/mol. The van der Waals surface area contributed by atoms with Crippen LogP contribution in [0.2, 0.25) is 0 Å². The molecule has 2 unspecified atom stereocenters. The summed E-state index contributed by atoms with van der Waals surface area (Å²) >= 11 is 0. The Morgan fingerprint density at radius 2 is 2.12 bits per heavy atom. The molecule has 0 radical (unpaired) electrons. The highest BCUT2D eigenvalue weighted by Gasteiger charge is 2.12. The highest BCUT2D eigenvalue weighted by atomic mass is 16.3. The van der Waals surface area contributed by atoms with Crippen molar-refractivity contribution in [3.05, 3.63) is 24.2 Å². The number of nitrogens with one attached hydrogen (secondary N) is 1. The van der Waals surface area contributed by atoms with Gasteiger partial charge in [-0.1, -0.05) is 13.8 Å². The zero-order valence-electron chi connectivity index (χ0n) is 11.3. The number of hydrogen-bond acceptors (Lipinski definition) is 3. The smallest absolute Gasteiger partial charge is 0.103 e. The van der Waals surface area contributed by atoms with Crippen LogP contribution in [0.5, 0.6) is 0 Å². The predicted molar refractivity (Wildman–Crippen MR) is 71.9 cm³/mol. The summed E-state index contributed by atoms with van der Waals surface area (Å²) in [5.74, 6) is 2.28. The summed E-state index contributed by atoms with van der Waals surface area (Å²) in [5, 5.41) is 3.56. The average molecular weight is 238 g/mol. The molecule has 0 aliphatic carbocycles.